The molecule has 2 aliphatic rings. The SMILES string of the molecule is CCCC1(CN2CCCCCC2CC)CCCNC1. The molecule has 2 atom stereocenters. The van der Waals surface area contributed by atoms with Gasteiger partial charge in [0.25, 0.3) is 0 Å². The molecule has 2 rings (SSSR count). The van der Waals surface area contributed by atoms with Crippen molar-refractivity contribution in [1.82, 2.24) is 10.2 Å². The fraction of sp³-hybridized carbons (Fsp3) is 1.00. The summed E-state index contributed by atoms with van der Waals surface area (Å²) in [5.74, 6) is 0. The third kappa shape index (κ3) is 4.19. The van der Waals surface area contributed by atoms with Crippen molar-refractivity contribution in [3.63, 3.8) is 0 Å². The van der Waals surface area contributed by atoms with E-state index in [0.717, 1.165) is 6.04 Å². The normalized spacial score (nSPS) is 34.1. The van der Waals surface area contributed by atoms with Crippen LogP contribution in [0, 0.1) is 5.41 Å². The average Bonchev–Trinajstić information content (AvgIpc) is 2.65. The molecule has 2 heterocycles. The van der Waals surface area contributed by atoms with Crippen molar-refractivity contribution < 1.29 is 0 Å². The number of nitrogens with zero attached hydrogens (tertiary/aromatic N) is 1. The molecule has 2 aliphatic heterocycles. The number of likely N-dealkylation sites (tertiary alicyclic amines) is 1. The lowest BCUT2D eigenvalue weighted by atomic mass is 9.76. The van der Waals surface area contributed by atoms with Gasteiger partial charge in [0, 0.05) is 19.1 Å². The Labute approximate surface area is 120 Å². The molecule has 0 bridgehead atoms. The van der Waals surface area contributed by atoms with Gasteiger partial charge < -0.3 is 5.32 Å². The Bertz CT molecular complexity index is 240. The zero-order valence-corrected chi connectivity index (χ0v) is 13.2. The number of rotatable bonds is 5. The third-order valence-corrected chi connectivity index (χ3v) is 5.35. The van der Waals surface area contributed by atoms with Crippen LogP contribution >= 0.6 is 0 Å². The molecule has 0 aromatic carbocycles. The maximum Gasteiger partial charge on any atom is 0.00928 e. The summed E-state index contributed by atoms with van der Waals surface area (Å²) in [6, 6.07) is 0.859. The molecule has 0 aliphatic carbocycles. The quantitative estimate of drug-likeness (QED) is 0.814. The Kier molecular flexibility index (Phi) is 6.15. The Balaban J connectivity index is 2.01. The lowest BCUT2D eigenvalue weighted by Gasteiger charge is -2.43. The molecule has 2 saturated heterocycles. The second-order valence-corrected chi connectivity index (χ2v) is 6.91. The highest BCUT2D eigenvalue weighted by molar-refractivity contribution is 4.90. The second kappa shape index (κ2) is 7.64. The van der Waals surface area contributed by atoms with Crippen molar-refractivity contribution in [1.29, 1.82) is 0 Å². The minimum atomic E-state index is 0.574. The molecule has 0 amide bonds. The highest BCUT2D eigenvalue weighted by Gasteiger charge is 2.34. The topological polar surface area (TPSA) is 15.3 Å². The number of hydrogen-bond donors (Lipinski definition) is 1. The van der Waals surface area contributed by atoms with Crippen LogP contribution < -0.4 is 5.32 Å². The molecule has 2 fully saturated rings. The zero-order chi connectivity index (χ0) is 13.6. The summed E-state index contributed by atoms with van der Waals surface area (Å²) < 4.78 is 0. The van der Waals surface area contributed by atoms with E-state index in [2.05, 4.69) is 24.1 Å². The Hall–Kier alpha value is -0.0800. The van der Waals surface area contributed by atoms with Gasteiger partial charge in [-0.25, -0.2) is 0 Å². The number of hydrogen-bond acceptors (Lipinski definition) is 2. The van der Waals surface area contributed by atoms with Gasteiger partial charge >= 0.3 is 0 Å². The van der Waals surface area contributed by atoms with Gasteiger partial charge in [-0.15, -0.1) is 0 Å². The molecule has 0 aromatic heterocycles. The predicted octanol–water partition coefficient (Wildman–Crippen LogP) is 3.81. The van der Waals surface area contributed by atoms with Gasteiger partial charge in [-0.3, -0.25) is 4.90 Å². The molecule has 2 heteroatoms. The van der Waals surface area contributed by atoms with Gasteiger partial charge in [0.2, 0.25) is 0 Å². The van der Waals surface area contributed by atoms with Gasteiger partial charge in [-0.1, -0.05) is 33.1 Å². The molecule has 0 saturated carbocycles. The van der Waals surface area contributed by atoms with E-state index in [1.165, 1.54) is 84.0 Å². The van der Waals surface area contributed by atoms with Crippen molar-refractivity contribution in [3.05, 3.63) is 0 Å². The molecular formula is C17H34N2. The molecule has 0 aromatic rings. The smallest absolute Gasteiger partial charge is 0.00928 e. The van der Waals surface area contributed by atoms with Crippen LogP contribution in [0.1, 0.15) is 71.6 Å². The van der Waals surface area contributed by atoms with Crippen LogP contribution in [0.4, 0.5) is 0 Å². The van der Waals surface area contributed by atoms with E-state index < -0.39 is 0 Å². The number of nitrogens with one attached hydrogen (secondary N) is 1. The van der Waals surface area contributed by atoms with Gasteiger partial charge in [0.1, 0.15) is 0 Å². The van der Waals surface area contributed by atoms with Crippen LogP contribution in [0.15, 0.2) is 0 Å². The number of piperidine rings is 1. The summed E-state index contributed by atoms with van der Waals surface area (Å²) in [5, 5.41) is 3.67. The Morgan fingerprint density at radius 1 is 1.16 bits per heavy atom. The van der Waals surface area contributed by atoms with Crippen molar-refractivity contribution in [3.8, 4) is 0 Å². The van der Waals surface area contributed by atoms with E-state index in [4.69, 9.17) is 0 Å². The fourth-order valence-corrected chi connectivity index (χ4v) is 4.33. The van der Waals surface area contributed by atoms with Crippen molar-refractivity contribution >= 4 is 0 Å². The maximum absolute atomic E-state index is 3.67. The van der Waals surface area contributed by atoms with Crippen molar-refractivity contribution in [2.45, 2.75) is 77.7 Å². The van der Waals surface area contributed by atoms with Crippen LogP contribution in [0.25, 0.3) is 0 Å². The Morgan fingerprint density at radius 2 is 2.05 bits per heavy atom. The van der Waals surface area contributed by atoms with Crippen LogP contribution in [-0.4, -0.2) is 37.1 Å². The monoisotopic (exact) mass is 266 g/mol. The minimum absolute atomic E-state index is 0.574. The lowest BCUT2D eigenvalue weighted by Crippen LogP contribution is -2.50. The van der Waals surface area contributed by atoms with Crippen LogP contribution in [0.2, 0.25) is 0 Å². The van der Waals surface area contributed by atoms with E-state index in [0.29, 0.717) is 5.41 Å². The molecule has 0 spiro atoms. The minimum Gasteiger partial charge on any atom is -0.316 e. The molecule has 2 unspecified atom stereocenters. The van der Waals surface area contributed by atoms with Crippen LogP contribution in [0.3, 0.4) is 0 Å². The second-order valence-electron chi connectivity index (χ2n) is 6.91. The Morgan fingerprint density at radius 3 is 2.74 bits per heavy atom. The fourth-order valence-electron chi connectivity index (χ4n) is 4.33. The van der Waals surface area contributed by atoms with E-state index in [1.807, 2.05) is 0 Å². The summed E-state index contributed by atoms with van der Waals surface area (Å²) in [5.41, 5.74) is 0.574. The molecule has 112 valence electrons. The summed E-state index contributed by atoms with van der Waals surface area (Å²) >= 11 is 0. The van der Waals surface area contributed by atoms with E-state index in [9.17, 15) is 0 Å². The van der Waals surface area contributed by atoms with Crippen molar-refractivity contribution in [2.75, 3.05) is 26.2 Å². The molecular weight excluding hydrogens is 232 g/mol. The highest BCUT2D eigenvalue weighted by Crippen LogP contribution is 2.34. The first-order valence-electron chi connectivity index (χ1n) is 8.74. The average molecular weight is 266 g/mol. The van der Waals surface area contributed by atoms with Crippen molar-refractivity contribution in [2.24, 2.45) is 5.41 Å². The largest absolute Gasteiger partial charge is 0.316 e. The highest BCUT2D eigenvalue weighted by atomic mass is 15.2. The summed E-state index contributed by atoms with van der Waals surface area (Å²) in [7, 11) is 0. The van der Waals surface area contributed by atoms with Gasteiger partial charge in [-0.05, 0) is 57.0 Å². The predicted molar refractivity (Wildman–Crippen MR) is 83.6 cm³/mol. The van der Waals surface area contributed by atoms with Gasteiger partial charge in [0.15, 0.2) is 0 Å². The first-order valence-corrected chi connectivity index (χ1v) is 8.74. The maximum atomic E-state index is 3.67. The van der Waals surface area contributed by atoms with Gasteiger partial charge in [-0.2, -0.15) is 0 Å². The molecule has 2 nitrogen and oxygen atoms in total. The standard InChI is InChI=1S/C17H34N2/c1-3-10-17(11-8-12-18-14-17)15-19-13-7-5-6-9-16(19)4-2/h16,18H,3-15H2,1-2H3. The van der Waals surface area contributed by atoms with E-state index in [1.54, 1.807) is 0 Å². The first-order chi connectivity index (χ1) is 9.29. The van der Waals surface area contributed by atoms with Gasteiger partial charge in [0.05, 0.1) is 0 Å². The summed E-state index contributed by atoms with van der Waals surface area (Å²) in [4.78, 5) is 2.86. The lowest BCUT2D eigenvalue weighted by molar-refractivity contribution is 0.0770. The van der Waals surface area contributed by atoms with Crippen LogP contribution in [0.5, 0.6) is 0 Å². The molecule has 1 N–H and O–H groups in total. The molecule has 19 heavy (non-hydrogen) atoms. The first kappa shape index (κ1) is 15.3. The van der Waals surface area contributed by atoms with E-state index in [-0.39, 0.29) is 0 Å². The zero-order valence-electron chi connectivity index (χ0n) is 13.2. The van der Waals surface area contributed by atoms with E-state index >= 15 is 0 Å². The summed E-state index contributed by atoms with van der Waals surface area (Å²) in [6.45, 7) is 9.94. The third-order valence-electron chi connectivity index (χ3n) is 5.35. The summed E-state index contributed by atoms with van der Waals surface area (Å²) in [6.07, 6.45) is 12.7. The molecule has 0 radical (unpaired) electrons. The van der Waals surface area contributed by atoms with Crippen LogP contribution in [-0.2, 0) is 0 Å².